The third-order valence-electron chi connectivity index (χ3n) is 2.69. The number of imidazole rings is 1. The lowest BCUT2D eigenvalue weighted by Crippen LogP contribution is -2.10. The molecule has 1 aromatic heterocycles. The summed E-state index contributed by atoms with van der Waals surface area (Å²) in [6.45, 7) is 1.55. The summed E-state index contributed by atoms with van der Waals surface area (Å²) >= 11 is 5.99. The molecule has 2 N–H and O–H groups in total. The Hall–Kier alpha value is -1.72. The predicted molar refractivity (Wildman–Crippen MR) is 73.6 cm³/mol. The Bertz CT molecular complexity index is 504. The first-order chi connectivity index (χ1) is 9.24. The Kier molecular flexibility index (Phi) is 4.65. The molecule has 0 amide bonds. The van der Waals surface area contributed by atoms with Crippen LogP contribution in [0.3, 0.4) is 0 Å². The zero-order valence-corrected chi connectivity index (χ0v) is 11.4. The van der Waals surface area contributed by atoms with E-state index in [-0.39, 0.29) is 0 Å². The first-order valence-electron chi connectivity index (χ1n) is 5.89. The van der Waals surface area contributed by atoms with Gasteiger partial charge in [-0.25, -0.2) is 4.98 Å². The van der Waals surface area contributed by atoms with E-state index in [0.717, 1.165) is 5.56 Å². The minimum absolute atomic E-state index is 0.345. The highest BCUT2D eigenvalue weighted by Crippen LogP contribution is 2.34. The Balaban J connectivity index is 2.09. The highest BCUT2D eigenvalue weighted by atomic mass is 35.5. The van der Waals surface area contributed by atoms with Gasteiger partial charge < -0.3 is 19.8 Å². The van der Waals surface area contributed by atoms with Crippen molar-refractivity contribution in [3.05, 3.63) is 41.4 Å². The lowest BCUT2D eigenvalue weighted by molar-refractivity contribution is 0.277. The zero-order chi connectivity index (χ0) is 13.7. The van der Waals surface area contributed by atoms with Crippen LogP contribution in [0.5, 0.6) is 11.5 Å². The topological polar surface area (TPSA) is 62.3 Å². The second-order valence-corrected chi connectivity index (χ2v) is 4.39. The lowest BCUT2D eigenvalue weighted by Gasteiger charge is -2.15. The Labute approximate surface area is 116 Å². The predicted octanol–water partition coefficient (Wildman–Crippen LogP) is 2.08. The number of benzene rings is 1. The molecule has 0 aliphatic carbocycles. The number of hydrogen-bond donors (Lipinski definition) is 1. The second kappa shape index (κ2) is 6.45. The van der Waals surface area contributed by atoms with Crippen LogP contribution in [0.4, 0.5) is 0 Å². The van der Waals surface area contributed by atoms with Crippen LogP contribution in [0.25, 0.3) is 0 Å². The quantitative estimate of drug-likeness (QED) is 0.881. The van der Waals surface area contributed by atoms with Crippen molar-refractivity contribution in [2.75, 3.05) is 13.7 Å². The number of hydrogen-bond acceptors (Lipinski definition) is 4. The molecule has 2 aromatic rings. The highest BCUT2D eigenvalue weighted by Gasteiger charge is 2.11. The van der Waals surface area contributed by atoms with E-state index < -0.39 is 0 Å². The number of ether oxygens (including phenoxy) is 2. The third kappa shape index (κ3) is 3.39. The number of nitrogens with zero attached hydrogens (tertiary/aromatic N) is 2. The molecule has 0 unspecified atom stereocenters. The van der Waals surface area contributed by atoms with Crippen molar-refractivity contribution >= 4 is 11.6 Å². The maximum atomic E-state index is 5.99. The van der Waals surface area contributed by atoms with Gasteiger partial charge in [-0.3, -0.25) is 0 Å². The molecule has 0 saturated heterocycles. The van der Waals surface area contributed by atoms with Crippen LogP contribution in [-0.4, -0.2) is 23.3 Å². The Morgan fingerprint density at radius 1 is 1.42 bits per heavy atom. The van der Waals surface area contributed by atoms with E-state index in [0.29, 0.717) is 36.2 Å². The molecule has 6 heteroatoms. The summed E-state index contributed by atoms with van der Waals surface area (Å²) in [4.78, 5) is 3.97. The fourth-order valence-electron chi connectivity index (χ4n) is 1.76. The number of rotatable bonds is 6. The van der Waals surface area contributed by atoms with E-state index in [9.17, 15) is 0 Å². The van der Waals surface area contributed by atoms with Crippen molar-refractivity contribution in [3.63, 3.8) is 0 Å². The van der Waals surface area contributed by atoms with Gasteiger partial charge in [0.05, 0.1) is 20.0 Å². The molecule has 2 rings (SSSR count). The fourth-order valence-corrected chi connectivity index (χ4v) is 1.99. The molecule has 0 saturated carbocycles. The summed E-state index contributed by atoms with van der Waals surface area (Å²) in [6, 6.07) is 3.50. The van der Waals surface area contributed by atoms with E-state index in [4.69, 9.17) is 26.8 Å². The van der Waals surface area contributed by atoms with Crippen molar-refractivity contribution in [1.82, 2.24) is 9.55 Å². The SMILES string of the molecule is COc1cc(Cl)cc(CN)c1OCCn1ccnc1. The maximum Gasteiger partial charge on any atom is 0.165 e. The molecule has 102 valence electrons. The summed E-state index contributed by atoms with van der Waals surface area (Å²) in [6.07, 6.45) is 5.35. The van der Waals surface area contributed by atoms with E-state index in [1.165, 1.54) is 0 Å². The van der Waals surface area contributed by atoms with Gasteiger partial charge in [0.25, 0.3) is 0 Å². The first-order valence-corrected chi connectivity index (χ1v) is 6.27. The molecule has 19 heavy (non-hydrogen) atoms. The van der Waals surface area contributed by atoms with Gasteiger partial charge in [-0.05, 0) is 6.07 Å². The number of nitrogens with two attached hydrogens (primary N) is 1. The average Bonchev–Trinajstić information content (AvgIpc) is 2.92. The summed E-state index contributed by atoms with van der Waals surface area (Å²) in [5, 5.41) is 0.583. The molecular formula is C13H16ClN3O2. The molecule has 0 bridgehead atoms. The smallest absolute Gasteiger partial charge is 0.165 e. The van der Waals surface area contributed by atoms with Crippen LogP contribution in [0.2, 0.25) is 5.02 Å². The van der Waals surface area contributed by atoms with Gasteiger partial charge in [-0.2, -0.15) is 0 Å². The van der Waals surface area contributed by atoms with Crippen LogP contribution in [-0.2, 0) is 13.1 Å². The fraction of sp³-hybridized carbons (Fsp3) is 0.308. The van der Waals surface area contributed by atoms with Gasteiger partial charge in [-0.15, -0.1) is 0 Å². The number of halogens is 1. The van der Waals surface area contributed by atoms with E-state index in [1.54, 1.807) is 31.8 Å². The van der Waals surface area contributed by atoms with Gasteiger partial charge in [0.1, 0.15) is 6.61 Å². The third-order valence-corrected chi connectivity index (χ3v) is 2.91. The maximum absolute atomic E-state index is 5.99. The molecule has 0 fully saturated rings. The Morgan fingerprint density at radius 2 is 2.26 bits per heavy atom. The van der Waals surface area contributed by atoms with Gasteiger partial charge in [-0.1, -0.05) is 11.6 Å². The van der Waals surface area contributed by atoms with Crippen LogP contribution in [0.1, 0.15) is 5.56 Å². The number of methoxy groups -OCH3 is 1. The minimum Gasteiger partial charge on any atom is -0.493 e. The van der Waals surface area contributed by atoms with Gasteiger partial charge in [0.2, 0.25) is 0 Å². The molecule has 0 spiro atoms. The van der Waals surface area contributed by atoms with Gasteiger partial charge in [0, 0.05) is 35.6 Å². The monoisotopic (exact) mass is 281 g/mol. The van der Waals surface area contributed by atoms with Crippen molar-refractivity contribution in [2.45, 2.75) is 13.1 Å². The molecule has 1 heterocycles. The van der Waals surface area contributed by atoms with Crippen LogP contribution in [0.15, 0.2) is 30.9 Å². The Morgan fingerprint density at radius 3 is 2.89 bits per heavy atom. The molecule has 5 nitrogen and oxygen atoms in total. The molecule has 0 aliphatic heterocycles. The molecular weight excluding hydrogens is 266 g/mol. The first kappa shape index (κ1) is 13.7. The lowest BCUT2D eigenvalue weighted by atomic mass is 10.2. The van der Waals surface area contributed by atoms with Crippen molar-refractivity contribution in [3.8, 4) is 11.5 Å². The number of aromatic nitrogens is 2. The summed E-state index contributed by atoms with van der Waals surface area (Å²) in [5.74, 6) is 1.24. The average molecular weight is 282 g/mol. The summed E-state index contributed by atoms with van der Waals surface area (Å²) < 4.78 is 13.0. The highest BCUT2D eigenvalue weighted by molar-refractivity contribution is 6.30. The zero-order valence-electron chi connectivity index (χ0n) is 10.7. The van der Waals surface area contributed by atoms with Gasteiger partial charge >= 0.3 is 0 Å². The summed E-state index contributed by atoms with van der Waals surface area (Å²) in [7, 11) is 1.58. The van der Waals surface area contributed by atoms with Crippen molar-refractivity contribution in [2.24, 2.45) is 5.73 Å². The largest absolute Gasteiger partial charge is 0.493 e. The van der Waals surface area contributed by atoms with E-state index in [2.05, 4.69) is 4.98 Å². The van der Waals surface area contributed by atoms with E-state index >= 15 is 0 Å². The standard InChI is InChI=1S/C13H16ClN3O2/c1-18-12-7-11(14)6-10(8-15)13(12)19-5-4-17-3-2-16-9-17/h2-3,6-7,9H,4-5,8,15H2,1H3. The summed E-state index contributed by atoms with van der Waals surface area (Å²) in [5.41, 5.74) is 6.53. The van der Waals surface area contributed by atoms with E-state index in [1.807, 2.05) is 10.8 Å². The molecule has 1 aromatic carbocycles. The molecule has 0 atom stereocenters. The normalized spacial score (nSPS) is 10.5. The molecule has 0 radical (unpaired) electrons. The minimum atomic E-state index is 0.345. The van der Waals surface area contributed by atoms with Crippen molar-refractivity contribution < 1.29 is 9.47 Å². The second-order valence-electron chi connectivity index (χ2n) is 3.95. The van der Waals surface area contributed by atoms with Crippen LogP contribution in [0, 0.1) is 0 Å². The van der Waals surface area contributed by atoms with Crippen LogP contribution >= 0.6 is 11.6 Å². The van der Waals surface area contributed by atoms with Crippen molar-refractivity contribution in [1.29, 1.82) is 0 Å². The van der Waals surface area contributed by atoms with Gasteiger partial charge in [0.15, 0.2) is 11.5 Å². The molecule has 0 aliphatic rings. The van der Waals surface area contributed by atoms with Crippen LogP contribution < -0.4 is 15.2 Å².